The zero-order chi connectivity index (χ0) is 14.0. The van der Waals surface area contributed by atoms with Crippen LogP contribution in [-0.2, 0) is 10.0 Å². The number of benzene rings is 1. The van der Waals surface area contributed by atoms with E-state index in [4.69, 9.17) is 0 Å². The summed E-state index contributed by atoms with van der Waals surface area (Å²) in [5, 5.41) is 13.8. The first-order valence-corrected chi connectivity index (χ1v) is 7.36. The van der Waals surface area contributed by atoms with Crippen molar-refractivity contribution in [2.45, 2.75) is 24.3 Å². The number of nitrogens with zero attached hydrogens (tertiary/aromatic N) is 1. The average Bonchev–Trinajstić information content (AvgIpc) is 2.80. The fourth-order valence-electron chi connectivity index (χ4n) is 2.04. The van der Waals surface area contributed by atoms with Gasteiger partial charge in [-0.25, -0.2) is 13.1 Å². The minimum Gasteiger partial charge on any atom is -0.315 e. The van der Waals surface area contributed by atoms with Crippen molar-refractivity contribution in [3.05, 3.63) is 33.9 Å². The zero-order valence-corrected chi connectivity index (χ0v) is 11.2. The Morgan fingerprint density at radius 2 is 2.21 bits per heavy atom. The molecule has 1 aliphatic rings. The van der Waals surface area contributed by atoms with Crippen molar-refractivity contribution in [2.75, 3.05) is 13.1 Å². The molecule has 1 aromatic carbocycles. The predicted octanol–water partition coefficient (Wildman–Crippen LogP) is 0.543. The smallest absolute Gasteiger partial charge is 0.272 e. The van der Waals surface area contributed by atoms with E-state index in [0.717, 1.165) is 13.0 Å². The third-order valence-electron chi connectivity index (χ3n) is 3.06. The van der Waals surface area contributed by atoms with Crippen LogP contribution in [0.2, 0.25) is 0 Å². The Kier molecular flexibility index (Phi) is 3.83. The maximum atomic E-state index is 12.1. The Balaban J connectivity index is 2.25. The van der Waals surface area contributed by atoms with Crippen molar-refractivity contribution in [2.24, 2.45) is 0 Å². The van der Waals surface area contributed by atoms with Crippen molar-refractivity contribution in [3.8, 4) is 0 Å². The highest BCUT2D eigenvalue weighted by atomic mass is 32.2. The minimum atomic E-state index is -3.62. The quantitative estimate of drug-likeness (QED) is 0.621. The molecular formula is C11H15N3O4S. The lowest BCUT2D eigenvalue weighted by Gasteiger charge is -2.12. The Bertz CT molecular complexity index is 594. The summed E-state index contributed by atoms with van der Waals surface area (Å²) >= 11 is 0. The highest BCUT2D eigenvalue weighted by molar-refractivity contribution is 7.89. The highest BCUT2D eigenvalue weighted by Crippen LogP contribution is 2.21. The summed E-state index contributed by atoms with van der Waals surface area (Å²) < 4.78 is 26.8. The number of hydrogen-bond acceptors (Lipinski definition) is 5. The molecule has 1 aromatic rings. The van der Waals surface area contributed by atoms with Gasteiger partial charge >= 0.3 is 0 Å². The number of rotatable bonds is 4. The largest absolute Gasteiger partial charge is 0.315 e. The molecule has 0 spiro atoms. The lowest BCUT2D eigenvalue weighted by atomic mass is 10.2. The summed E-state index contributed by atoms with van der Waals surface area (Å²) in [6.45, 7) is 2.91. The second-order valence-electron chi connectivity index (χ2n) is 4.52. The van der Waals surface area contributed by atoms with Crippen molar-refractivity contribution < 1.29 is 13.3 Å². The van der Waals surface area contributed by atoms with Gasteiger partial charge in [-0.2, -0.15) is 0 Å². The van der Waals surface area contributed by atoms with E-state index in [1.165, 1.54) is 25.1 Å². The van der Waals surface area contributed by atoms with E-state index in [9.17, 15) is 18.5 Å². The van der Waals surface area contributed by atoms with Gasteiger partial charge in [-0.15, -0.1) is 0 Å². The van der Waals surface area contributed by atoms with Crippen LogP contribution in [0.5, 0.6) is 0 Å². The summed E-state index contributed by atoms with van der Waals surface area (Å²) in [5.74, 6) is 0. The number of hydrogen-bond donors (Lipinski definition) is 2. The Morgan fingerprint density at radius 3 is 2.74 bits per heavy atom. The number of aryl methyl sites for hydroxylation is 1. The fraction of sp³-hybridized carbons (Fsp3) is 0.455. The normalized spacial score (nSPS) is 19.5. The van der Waals surface area contributed by atoms with Gasteiger partial charge in [0.05, 0.1) is 9.82 Å². The standard InChI is InChI=1S/C11H15N3O4S/c1-8-6-10(2-3-11(8)14(15)16)19(17,18)13-9-4-5-12-7-9/h2-3,6,9,12-13H,4-5,7H2,1H3. The van der Waals surface area contributed by atoms with E-state index in [1.807, 2.05) is 0 Å². The van der Waals surface area contributed by atoms with Crippen LogP contribution >= 0.6 is 0 Å². The molecule has 2 rings (SSSR count). The van der Waals surface area contributed by atoms with Crippen molar-refractivity contribution >= 4 is 15.7 Å². The molecule has 1 unspecified atom stereocenters. The minimum absolute atomic E-state index is 0.0579. The topological polar surface area (TPSA) is 101 Å². The number of nitro benzene ring substituents is 1. The van der Waals surface area contributed by atoms with E-state index in [1.54, 1.807) is 0 Å². The van der Waals surface area contributed by atoms with E-state index in [0.29, 0.717) is 12.1 Å². The summed E-state index contributed by atoms with van der Waals surface area (Å²) in [4.78, 5) is 10.2. The van der Waals surface area contributed by atoms with Gasteiger partial charge in [-0.05, 0) is 32.0 Å². The number of sulfonamides is 1. The molecule has 104 valence electrons. The first-order valence-electron chi connectivity index (χ1n) is 5.88. The van der Waals surface area contributed by atoms with Gasteiger partial charge < -0.3 is 5.32 Å². The molecule has 0 saturated carbocycles. The van der Waals surface area contributed by atoms with Crippen LogP contribution in [0.15, 0.2) is 23.1 Å². The van der Waals surface area contributed by atoms with Crippen molar-refractivity contribution in [3.63, 3.8) is 0 Å². The number of nitro groups is 1. The second kappa shape index (κ2) is 5.24. The third kappa shape index (κ3) is 3.09. The van der Waals surface area contributed by atoms with Gasteiger partial charge in [0.15, 0.2) is 0 Å². The molecular weight excluding hydrogens is 270 g/mol. The molecule has 0 aromatic heterocycles. The molecule has 1 fully saturated rings. The lowest BCUT2D eigenvalue weighted by molar-refractivity contribution is -0.385. The number of nitrogens with one attached hydrogen (secondary N) is 2. The Labute approximate surface area is 111 Å². The van der Waals surface area contributed by atoms with Crippen LogP contribution in [0, 0.1) is 17.0 Å². The Morgan fingerprint density at radius 1 is 1.47 bits per heavy atom. The monoisotopic (exact) mass is 285 g/mol. The van der Waals surface area contributed by atoms with Gasteiger partial charge in [0, 0.05) is 24.2 Å². The molecule has 8 heteroatoms. The van der Waals surface area contributed by atoms with Crippen LogP contribution in [0.25, 0.3) is 0 Å². The molecule has 19 heavy (non-hydrogen) atoms. The van der Waals surface area contributed by atoms with Gasteiger partial charge in [0.1, 0.15) is 0 Å². The average molecular weight is 285 g/mol. The molecule has 0 bridgehead atoms. The van der Waals surface area contributed by atoms with Gasteiger partial charge in [0.2, 0.25) is 10.0 Å². The fourth-order valence-corrected chi connectivity index (χ4v) is 3.40. The lowest BCUT2D eigenvalue weighted by Crippen LogP contribution is -2.36. The molecule has 1 heterocycles. The van der Waals surface area contributed by atoms with E-state index < -0.39 is 14.9 Å². The van der Waals surface area contributed by atoms with Crippen LogP contribution in [0.4, 0.5) is 5.69 Å². The van der Waals surface area contributed by atoms with Crippen LogP contribution in [-0.4, -0.2) is 32.5 Å². The maximum absolute atomic E-state index is 12.1. The van der Waals surface area contributed by atoms with Crippen LogP contribution in [0.1, 0.15) is 12.0 Å². The summed E-state index contributed by atoms with van der Waals surface area (Å²) in [5.41, 5.74) is 0.249. The maximum Gasteiger partial charge on any atom is 0.272 e. The molecule has 1 atom stereocenters. The van der Waals surface area contributed by atoms with Crippen LogP contribution in [0.3, 0.4) is 0 Å². The van der Waals surface area contributed by atoms with Crippen LogP contribution < -0.4 is 10.0 Å². The summed E-state index contributed by atoms with van der Waals surface area (Å²) in [7, 11) is -3.62. The molecule has 7 nitrogen and oxygen atoms in total. The first kappa shape index (κ1) is 13.9. The van der Waals surface area contributed by atoms with Gasteiger partial charge in [0.25, 0.3) is 5.69 Å². The predicted molar refractivity (Wildman–Crippen MR) is 69.4 cm³/mol. The second-order valence-corrected chi connectivity index (χ2v) is 6.23. The van der Waals surface area contributed by atoms with Gasteiger partial charge in [-0.1, -0.05) is 0 Å². The highest BCUT2D eigenvalue weighted by Gasteiger charge is 2.24. The van der Waals surface area contributed by atoms with E-state index >= 15 is 0 Å². The molecule has 0 amide bonds. The van der Waals surface area contributed by atoms with Gasteiger partial charge in [-0.3, -0.25) is 10.1 Å². The molecule has 0 aliphatic carbocycles. The molecule has 1 aliphatic heterocycles. The summed E-state index contributed by atoms with van der Waals surface area (Å²) in [6, 6.07) is 3.68. The zero-order valence-electron chi connectivity index (χ0n) is 10.4. The van der Waals surface area contributed by atoms with E-state index in [-0.39, 0.29) is 16.6 Å². The summed E-state index contributed by atoms with van der Waals surface area (Å²) in [6.07, 6.45) is 0.741. The van der Waals surface area contributed by atoms with Crippen molar-refractivity contribution in [1.29, 1.82) is 0 Å². The molecule has 2 N–H and O–H groups in total. The molecule has 0 radical (unpaired) electrons. The first-order chi connectivity index (χ1) is 8.90. The van der Waals surface area contributed by atoms with E-state index in [2.05, 4.69) is 10.0 Å². The Hall–Kier alpha value is -1.51. The SMILES string of the molecule is Cc1cc(S(=O)(=O)NC2CCNC2)ccc1[N+](=O)[O-]. The third-order valence-corrected chi connectivity index (χ3v) is 4.58. The van der Waals surface area contributed by atoms with Crippen molar-refractivity contribution in [1.82, 2.24) is 10.0 Å². The molecule has 1 saturated heterocycles.